The van der Waals surface area contributed by atoms with Gasteiger partial charge in [-0.15, -0.1) is 0 Å². The number of amides is 1. The molecule has 1 amide bonds. The zero-order chi connectivity index (χ0) is 20.5. The van der Waals surface area contributed by atoms with E-state index in [1.807, 2.05) is 17.0 Å². The van der Waals surface area contributed by atoms with E-state index in [0.29, 0.717) is 19.5 Å². The fourth-order valence-electron chi connectivity index (χ4n) is 4.28. The fourth-order valence-corrected chi connectivity index (χ4v) is 4.28. The van der Waals surface area contributed by atoms with Crippen LogP contribution in [0.5, 0.6) is 11.5 Å². The molecule has 3 aliphatic rings. The smallest absolute Gasteiger partial charge is 0.241 e. The molecule has 2 aromatic rings. The number of ether oxygens (including phenoxy) is 2. The van der Waals surface area contributed by atoms with Crippen LogP contribution in [0.2, 0.25) is 0 Å². The second-order valence-corrected chi connectivity index (χ2v) is 7.97. The molecule has 2 N–H and O–H groups in total. The average Bonchev–Trinajstić information content (AvgIpc) is 3.44. The predicted molar refractivity (Wildman–Crippen MR) is 108 cm³/mol. The van der Waals surface area contributed by atoms with Crippen molar-refractivity contribution in [2.45, 2.75) is 25.0 Å². The molecule has 0 aromatic heterocycles. The van der Waals surface area contributed by atoms with Crippen LogP contribution < -0.4 is 20.3 Å². The van der Waals surface area contributed by atoms with E-state index in [1.165, 1.54) is 17.7 Å². The van der Waals surface area contributed by atoms with Gasteiger partial charge in [0.05, 0.1) is 0 Å². The fraction of sp³-hybridized carbons (Fsp3) is 0.409. The third-order valence-electron chi connectivity index (χ3n) is 6.00. The summed E-state index contributed by atoms with van der Waals surface area (Å²) in [6.45, 7) is 4.20. The van der Waals surface area contributed by atoms with Crippen molar-refractivity contribution in [1.82, 2.24) is 20.7 Å². The third-order valence-corrected chi connectivity index (χ3v) is 6.00. The first-order valence-corrected chi connectivity index (χ1v) is 10.3. The van der Waals surface area contributed by atoms with Gasteiger partial charge in [-0.25, -0.2) is 15.2 Å². The second kappa shape index (κ2) is 8.22. The highest BCUT2D eigenvalue weighted by Gasteiger charge is 2.34. The summed E-state index contributed by atoms with van der Waals surface area (Å²) < 4.78 is 24.0. The van der Waals surface area contributed by atoms with Crippen LogP contribution in [-0.2, 0) is 11.3 Å². The van der Waals surface area contributed by atoms with Gasteiger partial charge >= 0.3 is 0 Å². The van der Waals surface area contributed by atoms with E-state index in [9.17, 15) is 9.18 Å². The quantitative estimate of drug-likeness (QED) is 0.799. The van der Waals surface area contributed by atoms with Gasteiger partial charge in [-0.05, 0) is 41.8 Å². The molecule has 0 saturated carbocycles. The van der Waals surface area contributed by atoms with Crippen LogP contribution in [0, 0.1) is 5.82 Å². The molecule has 2 fully saturated rings. The van der Waals surface area contributed by atoms with Crippen LogP contribution in [0.3, 0.4) is 0 Å². The highest BCUT2D eigenvalue weighted by molar-refractivity contribution is 5.82. The zero-order valence-corrected chi connectivity index (χ0v) is 16.6. The van der Waals surface area contributed by atoms with Gasteiger partial charge in [0.2, 0.25) is 12.7 Å². The molecule has 7 nitrogen and oxygen atoms in total. The Morgan fingerprint density at radius 1 is 1.00 bits per heavy atom. The highest BCUT2D eigenvalue weighted by atomic mass is 19.1. The Morgan fingerprint density at radius 3 is 2.57 bits per heavy atom. The Balaban J connectivity index is 1.12. The van der Waals surface area contributed by atoms with Gasteiger partial charge in [0, 0.05) is 38.8 Å². The Kier molecular flexibility index (Phi) is 5.28. The lowest BCUT2D eigenvalue weighted by atomic mass is 10.0. The van der Waals surface area contributed by atoms with Crippen LogP contribution in [-0.4, -0.2) is 54.7 Å². The Labute approximate surface area is 174 Å². The van der Waals surface area contributed by atoms with Crippen LogP contribution in [0.15, 0.2) is 42.5 Å². The topological polar surface area (TPSA) is 66.1 Å². The van der Waals surface area contributed by atoms with Crippen LogP contribution in [0.1, 0.15) is 23.6 Å². The number of nitrogens with zero attached hydrogens (tertiary/aromatic N) is 2. The summed E-state index contributed by atoms with van der Waals surface area (Å²) >= 11 is 0. The van der Waals surface area contributed by atoms with Gasteiger partial charge < -0.3 is 14.4 Å². The van der Waals surface area contributed by atoms with E-state index in [0.717, 1.165) is 36.7 Å². The monoisotopic (exact) mass is 412 g/mol. The summed E-state index contributed by atoms with van der Waals surface area (Å²) in [7, 11) is 0. The maximum absolute atomic E-state index is 13.1. The Morgan fingerprint density at radius 2 is 1.77 bits per heavy atom. The standard InChI is InChI=1S/C22H25FN4O3/c23-17-4-2-16(3-5-17)18-12-19(25-24-18)22(28)27-9-7-26(8-10-27)13-15-1-6-20-21(11-15)30-14-29-20/h1-6,11,18-19,24-25H,7-10,12-14H2. The average molecular weight is 412 g/mol. The normalized spacial score (nSPS) is 23.7. The Hall–Kier alpha value is -2.68. The molecule has 2 saturated heterocycles. The molecule has 5 rings (SSSR count). The summed E-state index contributed by atoms with van der Waals surface area (Å²) in [5.41, 5.74) is 8.45. The van der Waals surface area contributed by atoms with Crippen molar-refractivity contribution < 1.29 is 18.7 Å². The molecular formula is C22H25FN4O3. The number of carbonyl (C=O) groups is 1. The molecule has 2 aromatic carbocycles. The second-order valence-electron chi connectivity index (χ2n) is 7.97. The molecule has 0 bridgehead atoms. The summed E-state index contributed by atoms with van der Waals surface area (Å²) in [6, 6.07) is 12.2. The Bertz CT molecular complexity index is 915. The van der Waals surface area contributed by atoms with E-state index in [4.69, 9.17) is 9.47 Å². The molecule has 3 heterocycles. The van der Waals surface area contributed by atoms with Crippen LogP contribution >= 0.6 is 0 Å². The zero-order valence-electron chi connectivity index (χ0n) is 16.6. The molecule has 0 aliphatic carbocycles. The maximum atomic E-state index is 13.1. The van der Waals surface area contributed by atoms with Gasteiger partial charge in [0.1, 0.15) is 11.9 Å². The van der Waals surface area contributed by atoms with Crippen molar-refractivity contribution in [2.24, 2.45) is 0 Å². The summed E-state index contributed by atoms with van der Waals surface area (Å²) in [4.78, 5) is 17.2. The molecule has 0 radical (unpaired) electrons. The van der Waals surface area contributed by atoms with Crippen molar-refractivity contribution in [1.29, 1.82) is 0 Å². The molecular weight excluding hydrogens is 387 g/mol. The first-order valence-electron chi connectivity index (χ1n) is 10.3. The van der Waals surface area contributed by atoms with E-state index in [2.05, 4.69) is 21.8 Å². The number of carbonyl (C=O) groups excluding carboxylic acids is 1. The third kappa shape index (κ3) is 3.98. The lowest BCUT2D eigenvalue weighted by Crippen LogP contribution is -2.53. The largest absolute Gasteiger partial charge is 0.454 e. The molecule has 0 spiro atoms. The number of piperazine rings is 1. The summed E-state index contributed by atoms with van der Waals surface area (Å²) in [5.74, 6) is 1.47. The van der Waals surface area contributed by atoms with Crippen molar-refractivity contribution in [2.75, 3.05) is 33.0 Å². The minimum Gasteiger partial charge on any atom is -0.454 e. The van der Waals surface area contributed by atoms with Crippen molar-refractivity contribution >= 4 is 5.91 Å². The number of hydrogen-bond donors (Lipinski definition) is 2. The van der Waals surface area contributed by atoms with Crippen molar-refractivity contribution in [3.05, 3.63) is 59.4 Å². The van der Waals surface area contributed by atoms with Crippen molar-refractivity contribution in [3.8, 4) is 11.5 Å². The molecule has 2 atom stereocenters. The number of halogens is 1. The minimum absolute atomic E-state index is 0.00634. The van der Waals surface area contributed by atoms with E-state index in [-0.39, 0.29) is 30.6 Å². The minimum atomic E-state index is -0.263. The van der Waals surface area contributed by atoms with Crippen LogP contribution in [0.25, 0.3) is 0 Å². The number of hydrogen-bond acceptors (Lipinski definition) is 6. The summed E-state index contributed by atoms with van der Waals surface area (Å²) in [5, 5.41) is 0. The number of fused-ring (bicyclic) bond motifs is 1. The lowest BCUT2D eigenvalue weighted by molar-refractivity contribution is -0.135. The van der Waals surface area contributed by atoms with E-state index in [1.54, 1.807) is 12.1 Å². The lowest BCUT2D eigenvalue weighted by Gasteiger charge is -2.35. The van der Waals surface area contributed by atoms with Gasteiger partial charge in [-0.2, -0.15) is 0 Å². The first kappa shape index (κ1) is 19.3. The number of benzene rings is 2. The van der Waals surface area contributed by atoms with Crippen LogP contribution in [0.4, 0.5) is 4.39 Å². The predicted octanol–water partition coefficient (Wildman–Crippen LogP) is 1.81. The molecule has 158 valence electrons. The maximum Gasteiger partial charge on any atom is 0.241 e. The molecule has 30 heavy (non-hydrogen) atoms. The van der Waals surface area contributed by atoms with Gasteiger partial charge in [-0.1, -0.05) is 18.2 Å². The molecule has 2 unspecified atom stereocenters. The number of hydrazine groups is 1. The molecule has 8 heteroatoms. The highest BCUT2D eigenvalue weighted by Crippen LogP contribution is 2.33. The van der Waals surface area contributed by atoms with E-state index < -0.39 is 0 Å². The van der Waals surface area contributed by atoms with E-state index >= 15 is 0 Å². The number of rotatable bonds is 4. The van der Waals surface area contributed by atoms with Gasteiger partial charge in [0.25, 0.3) is 0 Å². The van der Waals surface area contributed by atoms with Gasteiger partial charge in [-0.3, -0.25) is 9.69 Å². The summed E-state index contributed by atoms with van der Waals surface area (Å²) in [6.07, 6.45) is 0.655. The van der Waals surface area contributed by atoms with Crippen molar-refractivity contribution in [3.63, 3.8) is 0 Å². The molecule has 3 aliphatic heterocycles. The number of nitrogens with one attached hydrogen (secondary N) is 2. The van der Waals surface area contributed by atoms with Gasteiger partial charge in [0.15, 0.2) is 11.5 Å². The SMILES string of the molecule is O=C(C1CC(c2ccc(F)cc2)NN1)N1CCN(Cc2ccc3c(c2)OCO3)CC1. The first-order chi connectivity index (χ1) is 14.7.